The number of carbonyl (C=O) groups is 2. The summed E-state index contributed by atoms with van der Waals surface area (Å²) in [4.78, 5) is 34.8. The Morgan fingerprint density at radius 2 is 0.902 bits per heavy atom. The van der Waals surface area contributed by atoms with Gasteiger partial charge in [-0.1, -0.05) is 217 Å². The average molecular weight is 880 g/mol. The molecule has 0 fully saturated rings. The lowest BCUT2D eigenvalue weighted by atomic mass is 10.0. The van der Waals surface area contributed by atoms with E-state index in [-0.39, 0.29) is 38.6 Å². The first-order valence-electron chi connectivity index (χ1n) is 25.1. The van der Waals surface area contributed by atoms with Gasteiger partial charge in [0, 0.05) is 19.4 Å². The predicted molar refractivity (Wildman–Crippen MR) is 257 cm³/mol. The van der Waals surface area contributed by atoms with Crippen LogP contribution in [-0.2, 0) is 32.7 Å². The van der Waals surface area contributed by atoms with Gasteiger partial charge < -0.3 is 20.1 Å². The van der Waals surface area contributed by atoms with Gasteiger partial charge >= 0.3 is 19.8 Å². The highest BCUT2D eigenvalue weighted by atomic mass is 31.2. The monoisotopic (exact) mass is 880 g/mol. The molecule has 0 saturated heterocycles. The SMILES string of the molecule is CC/C=C\C/C=C\C/C=C\C/C=C\CCCCCCCCCCCCCCCCCCCCC(=O)OC(COC(=O)CCCCCCCCCCC)COP(=O)(O)OCCN. The third-order valence-corrected chi connectivity index (χ3v) is 11.7. The van der Waals surface area contributed by atoms with E-state index in [0.717, 1.165) is 57.8 Å². The minimum absolute atomic E-state index is 0.0547. The van der Waals surface area contributed by atoms with E-state index in [4.69, 9.17) is 24.3 Å². The van der Waals surface area contributed by atoms with E-state index in [2.05, 4.69) is 62.5 Å². The molecule has 9 nitrogen and oxygen atoms in total. The number of rotatable bonds is 47. The fourth-order valence-electron chi connectivity index (χ4n) is 7.04. The Morgan fingerprint density at radius 1 is 0.508 bits per heavy atom. The molecule has 0 aromatic rings. The minimum Gasteiger partial charge on any atom is -0.462 e. The van der Waals surface area contributed by atoms with E-state index in [0.29, 0.717) is 6.42 Å². The number of hydrogen-bond acceptors (Lipinski definition) is 8. The van der Waals surface area contributed by atoms with Gasteiger partial charge in [0.25, 0.3) is 0 Å². The van der Waals surface area contributed by atoms with E-state index in [1.165, 1.54) is 141 Å². The van der Waals surface area contributed by atoms with Crippen molar-refractivity contribution in [1.82, 2.24) is 0 Å². The molecule has 0 saturated carbocycles. The summed E-state index contributed by atoms with van der Waals surface area (Å²) in [7, 11) is -4.37. The summed E-state index contributed by atoms with van der Waals surface area (Å²) >= 11 is 0. The zero-order valence-corrected chi connectivity index (χ0v) is 40.3. The fourth-order valence-corrected chi connectivity index (χ4v) is 7.80. The van der Waals surface area contributed by atoms with Crippen LogP contribution in [0.1, 0.15) is 232 Å². The maximum Gasteiger partial charge on any atom is 0.472 e. The molecule has 0 aromatic carbocycles. The number of carbonyl (C=O) groups excluding carboxylic acids is 2. The zero-order chi connectivity index (χ0) is 44.6. The van der Waals surface area contributed by atoms with E-state index < -0.39 is 26.5 Å². The van der Waals surface area contributed by atoms with Crippen LogP contribution in [0.4, 0.5) is 0 Å². The summed E-state index contributed by atoms with van der Waals surface area (Å²) in [6.45, 7) is 3.62. The first-order valence-corrected chi connectivity index (χ1v) is 26.6. The molecule has 0 bridgehead atoms. The maximum atomic E-state index is 12.6. The Bertz CT molecular complexity index is 1140. The number of phosphoric acid groups is 1. The topological polar surface area (TPSA) is 134 Å². The van der Waals surface area contributed by atoms with Crippen molar-refractivity contribution in [1.29, 1.82) is 0 Å². The highest BCUT2D eigenvalue weighted by molar-refractivity contribution is 7.47. The molecule has 0 spiro atoms. The summed E-state index contributed by atoms with van der Waals surface area (Å²) in [6.07, 6.45) is 56.1. The third-order valence-electron chi connectivity index (χ3n) is 10.7. The summed E-state index contributed by atoms with van der Waals surface area (Å²) in [6, 6.07) is 0. The smallest absolute Gasteiger partial charge is 0.462 e. The van der Waals surface area contributed by atoms with Crippen LogP contribution in [0.5, 0.6) is 0 Å². The maximum absolute atomic E-state index is 12.6. The van der Waals surface area contributed by atoms with Gasteiger partial charge in [0.15, 0.2) is 6.10 Å². The second-order valence-corrected chi connectivity index (χ2v) is 18.1. The lowest BCUT2D eigenvalue weighted by Crippen LogP contribution is -2.29. The number of unbranched alkanes of at least 4 members (excludes halogenated alkanes) is 26. The van der Waals surface area contributed by atoms with Crippen LogP contribution in [0.25, 0.3) is 0 Å². The highest BCUT2D eigenvalue weighted by Crippen LogP contribution is 2.43. The van der Waals surface area contributed by atoms with Gasteiger partial charge in [0.1, 0.15) is 6.61 Å². The quantitative estimate of drug-likeness (QED) is 0.0265. The molecule has 0 rings (SSSR count). The first kappa shape index (κ1) is 59.0. The van der Waals surface area contributed by atoms with E-state index >= 15 is 0 Å². The standard InChI is InChI=1S/C51H94NO8P/c1-3-5-7-9-11-13-14-15-16-17-18-19-20-21-22-23-24-25-26-27-28-29-30-31-32-33-34-36-38-40-42-44-51(54)60-49(48-59-61(55,56)58-46-45-52)47-57-50(53)43-41-39-37-35-12-10-8-6-4-2/h5,7,11,13,15-16,18-19,49H,3-4,6,8-10,12,14,17,20-48,52H2,1-2H3,(H,55,56)/b7-5-,13-11-,16-15-,19-18-. The van der Waals surface area contributed by atoms with Crippen LogP contribution in [0, 0.1) is 0 Å². The summed E-state index contributed by atoms with van der Waals surface area (Å²) < 4.78 is 32.8. The second-order valence-electron chi connectivity index (χ2n) is 16.7. The van der Waals surface area contributed by atoms with Crippen LogP contribution >= 0.6 is 7.82 Å². The van der Waals surface area contributed by atoms with Crippen LogP contribution < -0.4 is 5.73 Å². The molecule has 2 unspecified atom stereocenters. The zero-order valence-electron chi connectivity index (χ0n) is 39.4. The summed E-state index contributed by atoms with van der Waals surface area (Å²) in [5.41, 5.74) is 5.35. The van der Waals surface area contributed by atoms with E-state index in [9.17, 15) is 19.0 Å². The van der Waals surface area contributed by atoms with Gasteiger partial charge in [-0.3, -0.25) is 18.6 Å². The van der Waals surface area contributed by atoms with Gasteiger partial charge in [0.05, 0.1) is 13.2 Å². The van der Waals surface area contributed by atoms with Gasteiger partial charge in [-0.15, -0.1) is 0 Å². The predicted octanol–water partition coefficient (Wildman–Crippen LogP) is 15.1. The van der Waals surface area contributed by atoms with Gasteiger partial charge in [-0.2, -0.15) is 0 Å². The Kier molecular flexibility index (Phi) is 45.9. The average Bonchev–Trinajstić information content (AvgIpc) is 3.25. The molecule has 356 valence electrons. The number of ether oxygens (including phenoxy) is 2. The van der Waals surface area contributed by atoms with Gasteiger partial charge in [-0.25, -0.2) is 4.57 Å². The van der Waals surface area contributed by atoms with Crippen molar-refractivity contribution in [2.45, 2.75) is 238 Å². The normalized spacial score (nSPS) is 13.6. The number of allylic oxidation sites excluding steroid dienone is 8. The van der Waals surface area contributed by atoms with E-state index in [1.54, 1.807) is 0 Å². The molecule has 0 radical (unpaired) electrons. The first-order chi connectivity index (χ1) is 29.8. The molecule has 0 heterocycles. The molecular formula is C51H94NO8P. The lowest BCUT2D eigenvalue weighted by Gasteiger charge is -2.19. The molecule has 2 atom stereocenters. The van der Waals surface area contributed by atoms with Crippen molar-refractivity contribution in [3.05, 3.63) is 48.6 Å². The largest absolute Gasteiger partial charge is 0.472 e. The molecule has 0 aliphatic carbocycles. The lowest BCUT2D eigenvalue weighted by molar-refractivity contribution is -0.161. The van der Waals surface area contributed by atoms with Crippen LogP contribution in [-0.4, -0.2) is 49.3 Å². The van der Waals surface area contributed by atoms with Crippen LogP contribution in [0.2, 0.25) is 0 Å². The molecule has 0 aromatic heterocycles. The Balaban J connectivity index is 3.84. The fraction of sp³-hybridized carbons (Fsp3) is 0.804. The van der Waals surface area contributed by atoms with Crippen LogP contribution in [0.15, 0.2) is 48.6 Å². The van der Waals surface area contributed by atoms with Crippen molar-refractivity contribution < 1.29 is 37.6 Å². The van der Waals surface area contributed by atoms with Crippen molar-refractivity contribution in [2.75, 3.05) is 26.4 Å². The molecule has 0 aliphatic heterocycles. The minimum atomic E-state index is -4.37. The van der Waals surface area contributed by atoms with Crippen molar-refractivity contribution in [2.24, 2.45) is 5.73 Å². The Hall–Kier alpha value is -2.03. The number of esters is 2. The van der Waals surface area contributed by atoms with Crippen molar-refractivity contribution in [3.63, 3.8) is 0 Å². The summed E-state index contributed by atoms with van der Waals surface area (Å²) in [5.74, 6) is -0.823. The highest BCUT2D eigenvalue weighted by Gasteiger charge is 2.26. The number of nitrogens with two attached hydrogens (primary N) is 1. The van der Waals surface area contributed by atoms with Gasteiger partial charge in [0.2, 0.25) is 0 Å². The summed E-state index contributed by atoms with van der Waals surface area (Å²) in [5, 5.41) is 0. The molecular weight excluding hydrogens is 786 g/mol. The van der Waals surface area contributed by atoms with Gasteiger partial charge in [-0.05, 0) is 51.4 Å². The molecule has 3 N–H and O–H groups in total. The van der Waals surface area contributed by atoms with Crippen molar-refractivity contribution in [3.8, 4) is 0 Å². The number of hydrogen-bond donors (Lipinski definition) is 2. The third kappa shape index (κ3) is 47.3. The number of phosphoric ester groups is 1. The molecule has 10 heteroatoms. The second kappa shape index (κ2) is 47.4. The Labute approximate surface area is 375 Å². The van der Waals surface area contributed by atoms with Crippen molar-refractivity contribution >= 4 is 19.8 Å². The van der Waals surface area contributed by atoms with E-state index in [1.807, 2.05) is 0 Å². The molecule has 61 heavy (non-hydrogen) atoms. The Morgan fingerprint density at radius 3 is 1.34 bits per heavy atom. The molecule has 0 aliphatic rings. The van der Waals surface area contributed by atoms with Crippen LogP contribution in [0.3, 0.4) is 0 Å². The molecule has 0 amide bonds.